The quantitative estimate of drug-likeness (QED) is 0.0241. The molecule has 1 atom stereocenters. The van der Waals surface area contributed by atoms with Crippen LogP contribution in [0, 0.1) is 5.41 Å². The van der Waals surface area contributed by atoms with Gasteiger partial charge in [-0.15, -0.1) is 0 Å². The minimum Gasteiger partial charge on any atom is -0.484 e. The molecule has 12 nitrogen and oxygen atoms in total. The zero-order valence-electron chi connectivity index (χ0n) is 59.4. The van der Waals surface area contributed by atoms with E-state index in [4.69, 9.17) is 23.3 Å². The Bertz CT molecular complexity index is 2100. The molecule has 0 aliphatic carbocycles. The Morgan fingerprint density at radius 2 is 0.663 bits per heavy atom. The van der Waals surface area contributed by atoms with E-state index in [0.29, 0.717) is 37.4 Å². The first-order valence-corrected chi connectivity index (χ1v) is 38.0. The van der Waals surface area contributed by atoms with E-state index in [9.17, 15) is 34.3 Å². The molecule has 14 heteroatoms. The number of aliphatic hydroxyl groups excluding tert-OH is 1. The van der Waals surface area contributed by atoms with Crippen LogP contribution in [0.25, 0.3) is 0 Å². The summed E-state index contributed by atoms with van der Waals surface area (Å²) in [7, 11) is -5.89. The van der Waals surface area contributed by atoms with Gasteiger partial charge in [0.1, 0.15) is 11.9 Å². The summed E-state index contributed by atoms with van der Waals surface area (Å²) in [6.07, 6.45) is 41.1. The van der Waals surface area contributed by atoms with E-state index in [0.717, 1.165) is 71.9 Å². The molecule has 0 saturated carbocycles. The van der Waals surface area contributed by atoms with E-state index in [1.54, 1.807) is 0 Å². The molecule has 2 aromatic carbocycles. The molecule has 2 aromatic rings. The van der Waals surface area contributed by atoms with Crippen LogP contribution < -0.4 is 4.74 Å². The fourth-order valence-corrected chi connectivity index (χ4v) is 12.9. The SMILES string of the molecule is CCCCCCCCCCCCCCCCCCOC(=O)CCc1cc(C(C)(C)C)c(OC(c2c(C(C)(C)C)cc(CCC(=O)OCCCCCCCCCCCCCCCCCC)cc2C(C)(C)C)C(CO)(COP(O)O)COP(O)O)c(C(C)(C)C)c1. The van der Waals surface area contributed by atoms with Crippen LogP contribution in [-0.2, 0) is 62.6 Å². The van der Waals surface area contributed by atoms with E-state index in [2.05, 4.69) is 121 Å². The Morgan fingerprint density at radius 1 is 0.404 bits per heavy atom. The van der Waals surface area contributed by atoms with Crippen LogP contribution in [0.2, 0.25) is 0 Å². The van der Waals surface area contributed by atoms with Crippen molar-refractivity contribution >= 4 is 29.1 Å². The zero-order valence-corrected chi connectivity index (χ0v) is 61.2. The van der Waals surface area contributed by atoms with E-state index in [1.165, 1.54) is 167 Å². The fraction of sp³-hybridized carbons (Fsp3) is 0.813. The number of esters is 2. The lowest BCUT2D eigenvalue weighted by atomic mass is 9.68. The Labute approximate surface area is 547 Å². The fourth-order valence-electron chi connectivity index (χ4n) is 12.1. The highest BCUT2D eigenvalue weighted by Crippen LogP contribution is 2.52. The highest BCUT2D eigenvalue weighted by molar-refractivity contribution is 7.39. The number of unbranched alkanes of at least 4 members (excludes halogenated alkanes) is 30. The second-order valence-corrected chi connectivity index (χ2v) is 31.8. The van der Waals surface area contributed by atoms with Gasteiger partial charge >= 0.3 is 29.1 Å². The molecule has 89 heavy (non-hydrogen) atoms. The second-order valence-electron chi connectivity index (χ2n) is 30.2. The molecule has 0 bridgehead atoms. The number of ether oxygens (including phenoxy) is 3. The molecule has 0 saturated heterocycles. The maximum Gasteiger partial charge on any atom is 0.327 e. The van der Waals surface area contributed by atoms with Gasteiger partial charge in [-0.05, 0) is 69.6 Å². The van der Waals surface area contributed by atoms with Gasteiger partial charge in [0.15, 0.2) is 0 Å². The number of rotatable bonds is 51. The van der Waals surface area contributed by atoms with Crippen LogP contribution in [0.1, 0.15) is 360 Å². The van der Waals surface area contributed by atoms with Gasteiger partial charge in [0.2, 0.25) is 0 Å². The molecule has 0 spiro atoms. The average molecular weight is 1290 g/mol. The normalized spacial score (nSPS) is 13.0. The van der Waals surface area contributed by atoms with Crippen molar-refractivity contribution in [2.24, 2.45) is 5.41 Å². The van der Waals surface area contributed by atoms with Crippen LogP contribution in [0.4, 0.5) is 0 Å². The van der Waals surface area contributed by atoms with Crippen LogP contribution in [-0.4, -0.2) is 69.7 Å². The number of aryl methyl sites for hydroxylation is 2. The Balaban J connectivity index is 2.40. The van der Waals surface area contributed by atoms with Crippen molar-refractivity contribution in [3.8, 4) is 5.75 Å². The summed E-state index contributed by atoms with van der Waals surface area (Å²) in [6, 6.07) is 8.39. The lowest BCUT2D eigenvalue weighted by Gasteiger charge is -2.44. The molecule has 0 aromatic heterocycles. The number of carbonyl (C=O) groups excluding carboxylic acids is 2. The largest absolute Gasteiger partial charge is 0.484 e. The molecule has 516 valence electrons. The number of hydrogen-bond acceptors (Lipinski definition) is 12. The first-order valence-electron chi connectivity index (χ1n) is 35.7. The van der Waals surface area contributed by atoms with Crippen LogP contribution in [0.15, 0.2) is 24.3 Å². The van der Waals surface area contributed by atoms with Crippen molar-refractivity contribution in [2.45, 2.75) is 356 Å². The van der Waals surface area contributed by atoms with Gasteiger partial charge in [-0.1, -0.05) is 314 Å². The molecule has 1 unspecified atom stereocenters. The molecule has 0 amide bonds. The Kier molecular flexibility index (Phi) is 42.1. The minimum absolute atomic E-state index is 0.189. The Hall–Kier alpha value is -2.24. The predicted octanol–water partition coefficient (Wildman–Crippen LogP) is 20.9. The number of benzene rings is 2. The summed E-state index contributed by atoms with van der Waals surface area (Å²) < 4.78 is 30.6. The topological polar surface area (TPSA) is 181 Å². The third kappa shape index (κ3) is 35.2. The summed E-state index contributed by atoms with van der Waals surface area (Å²) in [5.74, 6) is 0.0670. The summed E-state index contributed by atoms with van der Waals surface area (Å²) in [5, 5.41) is 11.9. The van der Waals surface area contributed by atoms with E-state index in [-0.39, 0.29) is 24.8 Å². The summed E-state index contributed by atoms with van der Waals surface area (Å²) in [6.45, 7) is 28.9. The third-order valence-electron chi connectivity index (χ3n) is 17.7. The van der Waals surface area contributed by atoms with Gasteiger partial charge in [0.05, 0.1) is 38.4 Å². The van der Waals surface area contributed by atoms with E-state index >= 15 is 0 Å². The van der Waals surface area contributed by atoms with E-state index < -0.39 is 70.2 Å². The maximum absolute atomic E-state index is 13.4. The Morgan fingerprint density at radius 3 is 0.910 bits per heavy atom. The minimum atomic E-state index is -2.94. The van der Waals surface area contributed by atoms with Crippen molar-refractivity contribution in [1.29, 1.82) is 0 Å². The van der Waals surface area contributed by atoms with Gasteiger partial charge in [0, 0.05) is 29.5 Å². The zero-order chi connectivity index (χ0) is 66.4. The van der Waals surface area contributed by atoms with E-state index in [1.807, 2.05) is 0 Å². The summed E-state index contributed by atoms with van der Waals surface area (Å²) in [4.78, 5) is 68.2. The van der Waals surface area contributed by atoms with Crippen LogP contribution in [0.5, 0.6) is 5.75 Å². The van der Waals surface area contributed by atoms with Crippen molar-refractivity contribution in [1.82, 2.24) is 0 Å². The molecule has 2 rings (SSSR count). The van der Waals surface area contributed by atoms with Crippen molar-refractivity contribution < 1.29 is 57.5 Å². The van der Waals surface area contributed by atoms with Gasteiger partial charge in [-0.3, -0.25) is 9.59 Å². The molecule has 0 radical (unpaired) electrons. The molecule has 0 aliphatic heterocycles. The van der Waals surface area contributed by atoms with Gasteiger partial charge < -0.3 is 47.9 Å². The summed E-state index contributed by atoms with van der Waals surface area (Å²) >= 11 is 0. The highest BCUT2D eigenvalue weighted by Gasteiger charge is 2.48. The maximum atomic E-state index is 13.4. The molecule has 0 heterocycles. The second kappa shape index (κ2) is 45.2. The smallest absolute Gasteiger partial charge is 0.327 e. The van der Waals surface area contributed by atoms with Gasteiger partial charge in [-0.2, -0.15) is 0 Å². The molecule has 0 aliphatic rings. The van der Waals surface area contributed by atoms with Crippen LogP contribution in [0.3, 0.4) is 0 Å². The number of aliphatic hydroxyl groups is 1. The first kappa shape index (κ1) is 82.9. The van der Waals surface area contributed by atoms with Crippen molar-refractivity contribution in [3.05, 3.63) is 63.2 Å². The average Bonchev–Trinajstić information content (AvgIpc) is 0.784. The lowest BCUT2D eigenvalue weighted by Crippen LogP contribution is -2.46. The molecular formula is C75H134O12P2. The first-order chi connectivity index (χ1) is 42.1. The third-order valence-corrected chi connectivity index (χ3v) is 18.4. The standard InChI is InChI=1S/C75H134O12P2/c1-15-17-19-21-23-25-27-29-31-33-35-37-39-41-43-45-51-83-66(77)49-47-60-53-62(71(3,4)5)68(63(54-60)72(6,7)8)70(75(57-76,58-85-88(79)80)59-86-89(81)82)87-69-64(73(9,10)11)55-61(56-65(69)74(12,13)14)48-50-67(78)84-52-46-44-42-40-38-36-34-32-30-28-26-24-22-20-18-16-2/h53-56,70,76,79-82H,15-52,57-59H2,1-14H3. The predicted molar refractivity (Wildman–Crippen MR) is 373 cm³/mol. The van der Waals surface area contributed by atoms with Gasteiger partial charge in [0.25, 0.3) is 0 Å². The van der Waals surface area contributed by atoms with Gasteiger partial charge in [-0.25, -0.2) is 0 Å². The molecule has 5 N–H and O–H groups in total. The van der Waals surface area contributed by atoms with Crippen molar-refractivity contribution in [2.75, 3.05) is 33.0 Å². The number of hydrogen-bond donors (Lipinski definition) is 5. The lowest BCUT2D eigenvalue weighted by molar-refractivity contribution is -0.144. The molecular weight excluding hydrogens is 1150 g/mol. The van der Waals surface area contributed by atoms with Crippen LogP contribution >= 0.6 is 17.2 Å². The highest BCUT2D eigenvalue weighted by atomic mass is 31.2. The summed E-state index contributed by atoms with van der Waals surface area (Å²) in [5.41, 5.74) is 2.11. The number of carbonyl (C=O) groups is 2. The monoisotopic (exact) mass is 1290 g/mol. The molecule has 0 fully saturated rings. The van der Waals surface area contributed by atoms with Crippen molar-refractivity contribution in [3.63, 3.8) is 0 Å².